The van der Waals surface area contributed by atoms with Crippen molar-refractivity contribution in [3.05, 3.63) is 33.1 Å². The highest BCUT2D eigenvalue weighted by molar-refractivity contribution is 7.21. The highest BCUT2D eigenvalue weighted by Gasteiger charge is 2.37. The maximum atomic E-state index is 12.0. The minimum Gasteiger partial charge on any atom is -0.397 e. The molecule has 0 atom stereocenters. The lowest BCUT2D eigenvalue weighted by atomic mass is 9.77. The summed E-state index contributed by atoms with van der Waals surface area (Å²) in [4.78, 5) is 22.3. The first-order valence-corrected chi connectivity index (χ1v) is 10.4. The number of carbonyl (C=O) groups is 1. The number of fused-ring (bicyclic) bond motifs is 1. The van der Waals surface area contributed by atoms with Gasteiger partial charge in [0.2, 0.25) is 5.95 Å². The van der Waals surface area contributed by atoms with Crippen LogP contribution in [-0.2, 0) is 0 Å². The van der Waals surface area contributed by atoms with Gasteiger partial charge >= 0.3 is 0 Å². The van der Waals surface area contributed by atoms with E-state index < -0.39 is 5.54 Å². The zero-order valence-corrected chi connectivity index (χ0v) is 17.4. The lowest BCUT2D eigenvalue weighted by molar-refractivity contribution is 0.102. The van der Waals surface area contributed by atoms with Crippen LogP contribution in [0.4, 0.5) is 11.6 Å². The van der Waals surface area contributed by atoms with Gasteiger partial charge in [0, 0.05) is 12.5 Å². The smallest absolute Gasteiger partial charge is 0.225 e. The van der Waals surface area contributed by atoms with Gasteiger partial charge in [0.25, 0.3) is 0 Å². The summed E-state index contributed by atoms with van der Waals surface area (Å²) in [6.45, 7) is 1.48. The van der Waals surface area contributed by atoms with Crippen molar-refractivity contribution in [2.75, 3.05) is 17.7 Å². The molecule has 1 aliphatic rings. The number of benzene rings is 1. The van der Waals surface area contributed by atoms with E-state index in [9.17, 15) is 9.90 Å². The van der Waals surface area contributed by atoms with Gasteiger partial charge in [-0.05, 0) is 31.4 Å². The molecular weight excluding hydrogens is 419 g/mol. The zero-order valence-electron chi connectivity index (χ0n) is 15.1. The predicted octanol–water partition coefficient (Wildman–Crippen LogP) is 4.78. The molecule has 0 aliphatic heterocycles. The maximum absolute atomic E-state index is 12.0. The van der Waals surface area contributed by atoms with E-state index in [0.717, 1.165) is 24.8 Å². The average molecular weight is 437 g/mol. The number of anilines is 2. The van der Waals surface area contributed by atoms with Gasteiger partial charge in [-0.2, -0.15) is 0 Å². The van der Waals surface area contributed by atoms with Crippen LogP contribution in [0.1, 0.15) is 35.9 Å². The fourth-order valence-corrected chi connectivity index (χ4v) is 4.64. The van der Waals surface area contributed by atoms with Crippen molar-refractivity contribution < 1.29 is 9.90 Å². The summed E-state index contributed by atoms with van der Waals surface area (Å²) in [6, 6.07) is 5.20. The molecule has 9 heteroatoms. The van der Waals surface area contributed by atoms with Crippen LogP contribution in [0.5, 0.6) is 0 Å². The number of nitrogens with two attached hydrogens (primary N) is 1. The van der Waals surface area contributed by atoms with Crippen LogP contribution in [-0.4, -0.2) is 33.0 Å². The molecule has 2 aromatic heterocycles. The van der Waals surface area contributed by atoms with Crippen molar-refractivity contribution >= 4 is 62.2 Å². The number of hydrogen-bond acceptors (Lipinski definition) is 7. The molecule has 1 aliphatic carbocycles. The summed E-state index contributed by atoms with van der Waals surface area (Å²) in [5.41, 5.74) is 7.52. The topological polar surface area (TPSA) is 101 Å². The lowest BCUT2D eigenvalue weighted by Crippen LogP contribution is -2.48. The molecule has 0 spiro atoms. The number of aliphatic hydroxyl groups is 1. The number of ketones is 1. The molecule has 1 saturated carbocycles. The van der Waals surface area contributed by atoms with Crippen LogP contribution in [0.15, 0.2) is 18.2 Å². The molecule has 2 heterocycles. The molecular formula is C19H18Cl2N4O2S. The monoisotopic (exact) mass is 436 g/mol. The van der Waals surface area contributed by atoms with Crippen LogP contribution in [0, 0.1) is 0 Å². The van der Waals surface area contributed by atoms with Crippen LogP contribution in [0.2, 0.25) is 10.0 Å². The van der Waals surface area contributed by atoms with E-state index >= 15 is 0 Å². The lowest BCUT2D eigenvalue weighted by Gasteiger charge is -2.40. The maximum Gasteiger partial charge on any atom is 0.225 e. The number of aromatic nitrogens is 2. The molecule has 28 heavy (non-hydrogen) atoms. The largest absolute Gasteiger partial charge is 0.397 e. The number of rotatable bonds is 5. The number of nitrogen functional groups attached to an aromatic ring is 1. The van der Waals surface area contributed by atoms with E-state index in [0.29, 0.717) is 42.5 Å². The SMILES string of the molecule is CC(=O)c1sc2nc(NC3(CO)CCC3)nc(-c3ccc(Cl)c(Cl)c3)c2c1N. The van der Waals surface area contributed by atoms with Crippen LogP contribution in [0.3, 0.4) is 0 Å². The standard InChI is InChI=1S/C19H18Cl2N4O2S/c1-9(27)16-14(22)13-15(10-3-4-11(20)12(21)7-10)23-18(24-17(13)28-16)25-19(8-26)5-2-6-19/h3-4,7,26H,2,5-6,8,22H2,1H3,(H,23,24,25). The molecule has 4 rings (SSSR count). The van der Waals surface area contributed by atoms with Crippen LogP contribution >= 0.6 is 34.5 Å². The first-order valence-electron chi connectivity index (χ1n) is 8.79. The Hall–Kier alpha value is -1.93. The molecule has 146 valence electrons. The van der Waals surface area contributed by atoms with Crippen molar-refractivity contribution in [1.82, 2.24) is 9.97 Å². The fraction of sp³-hybridized carbons (Fsp3) is 0.316. The number of hydrogen-bond donors (Lipinski definition) is 3. The first-order chi connectivity index (χ1) is 13.3. The molecule has 1 aromatic carbocycles. The number of Topliss-reactive ketones (excluding diaryl/α,β-unsaturated/α-hetero) is 1. The molecule has 3 aromatic rings. The highest BCUT2D eigenvalue weighted by Crippen LogP contribution is 2.41. The van der Waals surface area contributed by atoms with Crippen molar-refractivity contribution in [3.63, 3.8) is 0 Å². The summed E-state index contributed by atoms with van der Waals surface area (Å²) in [5.74, 6) is 0.264. The van der Waals surface area contributed by atoms with Crippen molar-refractivity contribution in [2.45, 2.75) is 31.7 Å². The Morgan fingerprint density at radius 2 is 2.07 bits per heavy atom. The molecule has 6 nitrogen and oxygen atoms in total. The third-order valence-electron chi connectivity index (χ3n) is 5.09. The first kappa shape index (κ1) is 19.4. The Morgan fingerprint density at radius 1 is 1.32 bits per heavy atom. The normalized spacial score (nSPS) is 15.4. The minimum absolute atomic E-state index is 0.00176. The fourth-order valence-electron chi connectivity index (χ4n) is 3.36. The molecule has 0 radical (unpaired) electrons. The second-order valence-corrected chi connectivity index (χ2v) is 8.84. The number of aliphatic hydroxyl groups excluding tert-OH is 1. The van der Waals surface area contributed by atoms with Gasteiger partial charge in [-0.25, -0.2) is 9.97 Å². The Bertz CT molecular complexity index is 1090. The van der Waals surface area contributed by atoms with E-state index in [-0.39, 0.29) is 12.4 Å². The number of nitrogens with one attached hydrogen (secondary N) is 1. The average Bonchev–Trinajstić information content (AvgIpc) is 2.97. The van der Waals surface area contributed by atoms with Gasteiger partial charge in [-0.1, -0.05) is 29.3 Å². The summed E-state index contributed by atoms with van der Waals surface area (Å²) < 4.78 is 0. The van der Waals surface area contributed by atoms with Crippen LogP contribution < -0.4 is 11.1 Å². The Labute approximate surface area is 175 Å². The Kier molecular flexibility index (Phi) is 4.95. The molecule has 0 saturated heterocycles. The van der Waals surface area contributed by atoms with Gasteiger partial charge in [-0.15, -0.1) is 11.3 Å². The quantitative estimate of drug-likeness (QED) is 0.497. The predicted molar refractivity (Wildman–Crippen MR) is 115 cm³/mol. The summed E-state index contributed by atoms with van der Waals surface area (Å²) in [7, 11) is 0. The van der Waals surface area contributed by atoms with Gasteiger partial charge in [0.15, 0.2) is 5.78 Å². The Balaban J connectivity index is 1.93. The van der Waals surface area contributed by atoms with Crippen LogP contribution in [0.25, 0.3) is 21.5 Å². The third kappa shape index (κ3) is 3.22. The highest BCUT2D eigenvalue weighted by atomic mass is 35.5. The number of halogens is 2. The van der Waals surface area contributed by atoms with E-state index in [2.05, 4.69) is 15.3 Å². The molecule has 0 amide bonds. The van der Waals surface area contributed by atoms with Crippen molar-refractivity contribution in [2.24, 2.45) is 0 Å². The number of carbonyl (C=O) groups excluding carboxylic acids is 1. The van der Waals surface area contributed by atoms with Gasteiger partial charge in [0.05, 0.1) is 43.8 Å². The molecule has 0 bridgehead atoms. The van der Waals surface area contributed by atoms with Crippen molar-refractivity contribution in [1.29, 1.82) is 0 Å². The molecule has 0 unspecified atom stereocenters. The molecule has 1 fully saturated rings. The van der Waals surface area contributed by atoms with E-state index in [1.807, 2.05) is 0 Å². The van der Waals surface area contributed by atoms with Crippen molar-refractivity contribution in [3.8, 4) is 11.3 Å². The zero-order chi connectivity index (χ0) is 20.1. The number of nitrogens with zero attached hydrogens (tertiary/aromatic N) is 2. The van der Waals surface area contributed by atoms with E-state index in [4.69, 9.17) is 28.9 Å². The summed E-state index contributed by atoms with van der Waals surface area (Å²) in [5, 5.41) is 14.5. The van der Waals surface area contributed by atoms with Gasteiger partial charge in [0.1, 0.15) is 4.83 Å². The Morgan fingerprint density at radius 3 is 2.64 bits per heavy atom. The van der Waals surface area contributed by atoms with Gasteiger partial charge < -0.3 is 16.2 Å². The van der Waals surface area contributed by atoms with Gasteiger partial charge in [-0.3, -0.25) is 4.79 Å². The third-order valence-corrected chi connectivity index (χ3v) is 7.03. The molecule has 4 N–H and O–H groups in total. The second kappa shape index (κ2) is 7.15. The second-order valence-electron chi connectivity index (χ2n) is 7.02. The van der Waals surface area contributed by atoms with E-state index in [1.54, 1.807) is 18.2 Å². The summed E-state index contributed by atoms with van der Waals surface area (Å²) >= 11 is 13.5. The van der Waals surface area contributed by atoms with E-state index in [1.165, 1.54) is 18.3 Å². The summed E-state index contributed by atoms with van der Waals surface area (Å²) in [6.07, 6.45) is 2.73. The number of thiophene rings is 1. The minimum atomic E-state index is -0.408.